The van der Waals surface area contributed by atoms with E-state index in [1.54, 1.807) is 18.2 Å². The third kappa shape index (κ3) is 5.60. The molecule has 0 atom stereocenters. The van der Waals surface area contributed by atoms with Crippen molar-refractivity contribution >= 4 is 42.6 Å². The Morgan fingerprint density at radius 1 is 1.09 bits per heavy atom. The molecule has 4 rings (SSSR count). The van der Waals surface area contributed by atoms with Crippen molar-refractivity contribution in [3.8, 4) is 11.1 Å². The minimum absolute atomic E-state index is 0.223. The topological polar surface area (TPSA) is 127 Å². The predicted octanol–water partition coefficient (Wildman–Crippen LogP) is 4.41. The fraction of sp³-hybridized carbons (Fsp3) is 0.304. The Bertz CT molecular complexity index is 1450. The van der Waals surface area contributed by atoms with Crippen molar-refractivity contribution in [2.45, 2.75) is 37.5 Å². The normalized spacial score (nSPS) is 12.1. The molecule has 178 valence electrons. The summed E-state index contributed by atoms with van der Waals surface area (Å²) in [5.41, 5.74) is 2.18. The van der Waals surface area contributed by atoms with E-state index in [-0.39, 0.29) is 16.3 Å². The summed E-state index contributed by atoms with van der Waals surface area (Å²) in [6.45, 7) is 6.32. The first-order valence-corrected chi connectivity index (χ1v) is 13.3. The Labute approximate surface area is 201 Å². The first-order valence-electron chi connectivity index (χ1n) is 10.6. The molecular weight excluding hydrogens is 474 g/mol. The van der Waals surface area contributed by atoms with Crippen LogP contribution in [0.1, 0.15) is 32.5 Å². The molecule has 34 heavy (non-hydrogen) atoms. The number of carbonyl (C=O) groups excluding carboxylic acids is 1. The highest BCUT2D eigenvalue weighted by Crippen LogP contribution is 2.31. The fourth-order valence-electron chi connectivity index (χ4n) is 3.15. The molecule has 0 saturated carbocycles. The number of nitrogens with zero attached hydrogens (tertiary/aromatic N) is 3. The smallest absolute Gasteiger partial charge is 0.321 e. The van der Waals surface area contributed by atoms with Crippen molar-refractivity contribution in [1.82, 2.24) is 20.4 Å². The number of hydrogen-bond donors (Lipinski definition) is 2. The zero-order chi connectivity index (χ0) is 24.5. The molecule has 0 fully saturated rings. The lowest BCUT2D eigenvalue weighted by Gasteiger charge is -2.10. The SMILES string of the molecule is CC(C)(C)c1nc(CCNC(=O)Nc2nc3ccc(-c4cccc(S(C)(=O)=O)c4)cc3s2)no1. The molecule has 0 aliphatic rings. The van der Waals surface area contributed by atoms with Crippen LogP contribution in [0.3, 0.4) is 0 Å². The van der Waals surface area contributed by atoms with Crippen LogP contribution in [0.25, 0.3) is 21.3 Å². The van der Waals surface area contributed by atoms with Crippen molar-refractivity contribution in [1.29, 1.82) is 0 Å². The molecule has 2 aromatic heterocycles. The van der Waals surface area contributed by atoms with E-state index in [4.69, 9.17) is 4.52 Å². The van der Waals surface area contributed by atoms with Crippen LogP contribution in [-0.4, -0.2) is 42.4 Å². The van der Waals surface area contributed by atoms with E-state index >= 15 is 0 Å². The van der Waals surface area contributed by atoms with Crippen LogP contribution in [-0.2, 0) is 21.7 Å². The molecule has 0 bridgehead atoms. The highest BCUT2D eigenvalue weighted by atomic mass is 32.2. The molecular formula is C23H25N5O4S2. The van der Waals surface area contributed by atoms with E-state index < -0.39 is 9.84 Å². The molecule has 0 saturated heterocycles. The summed E-state index contributed by atoms with van der Waals surface area (Å²) in [5, 5.41) is 9.92. The first kappa shape index (κ1) is 23.8. The van der Waals surface area contributed by atoms with Gasteiger partial charge in [0.2, 0.25) is 5.89 Å². The van der Waals surface area contributed by atoms with E-state index in [1.165, 1.54) is 17.6 Å². The lowest BCUT2D eigenvalue weighted by Crippen LogP contribution is -2.30. The highest BCUT2D eigenvalue weighted by Gasteiger charge is 2.21. The van der Waals surface area contributed by atoms with Crippen molar-refractivity contribution in [3.63, 3.8) is 0 Å². The van der Waals surface area contributed by atoms with Crippen molar-refractivity contribution in [2.24, 2.45) is 0 Å². The number of hydrogen-bond acceptors (Lipinski definition) is 8. The van der Waals surface area contributed by atoms with Gasteiger partial charge in [-0.1, -0.05) is 55.5 Å². The summed E-state index contributed by atoms with van der Waals surface area (Å²) >= 11 is 1.34. The number of carbonyl (C=O) groups is 1. The monoisotopic (exact) mass is 499 g/mol. The Morgan fingerprint density at radius 3 is 2.56 bits per heavy atom. The van der Waals surface area contributed by atoms with Crippen molar-refractivity contribution < 1.29 is 17.7 Å². The van der Waals surface area contributed by atoms with Crippen molar-refractivity contribution in [2.75, 3.05) is 18.1 Å². The van der Waals surface area contributed by atoms with Crippen molar-refractivity contribution in [3.05, 3.63) is 54.2 Å². The molecule has 2 amide bonds. The predicted molar refractivity (Wildman–Crippen MR) is 132 cm³/mol. The summed E-state index contributed by atoms with van der Waals surface area (Å²) in [6, 6.07) is 12.1. The number of urea groups is 1. The number of nitrogens with one attached hydrogen (secondary N) is 2. The van der Waals surface area contributed by atoms with Gasteiger partial charge in [0, 0.05) is 24.6 Å². The van der Waals surface area contributed by atoms with Crippen LogP contribution in [0, 0.1) is 0 Å². The van der Waals surface area contributed by atoms with Gasteiger partial charge in [-0.15, -0.1) is 0 Å². The first-order chi connectivity index (χ1) is 16.0. The lowest BCUT2D eigenvalue weighted by atomic mass is 9.97. The van der Waals surface area contributed by atoms with E-state index in [1.807, 2.05) is 45.0 Å². The van der Waals surface area contributed by atoms with Crippen LogP contribution < -0.4 is 10.6 Å². The fourth-order valence-corrected chi connectivity index (χ4v) is 4.72. The minimum atomic E-state index is -3.29. The Balaban J connectivity index is 1.39. The number of anilines is 1. The van der Waals surface area contributed by atoms with Crippen LogP contribution in [0.2, 0.25) is 0 Å². The highest BCUT2D eigenvalue weighted by molar-refractivity contribution is 7.90. The Kier molecular flexibility index (Phi) is 6.41. The van der Waals surface area contributed by atoms with Crippen LogP contribution in [0.15, 0.2) is 51.9 Å². The van der Waals surface area contributed by atoms with Gasteiger partial charge in [0.05, 0.1) is 15.1 Å². The molecule has 0 unspecified atom stereocenters. The summed E-state index contributed by atoms with van der Waals surface area (Å²) in [7, 11) is -3.29. The largest absolute Gasteiger partial charge is 0.339 e. The molecule has 2 N–H and O–H groups in total. The van der Waals surface area contributed by atoms with Gasteiger partial charge in [-0.2, -0.15) is 4.98 Å². The summed E-state index contributed by atoms with van der Waals surface area (Å²) in [5.74, 6) is 1.10. The van der Waals surface area contributed by atoms with Gasteiger partial charge in [0.15, 0.2) is 20.8 Å². The number of benzene rings is 2. The second kappa shape index (κ2) is 9.15. The average Bonchev–Trinajstić information content (AvgIpc) is 3.39. The molecule has 11 heteroatoms. The van der Waals surface area contributed by atoms with Gasteiger partial charge < -0.3 is 9.84 Å². The number of fused-ring (bicyclic) bond motifs is 1. The number of aromatic nitrogens is 3. The lowest BCUT2D eigenvalue weighted by molar-refractivity contribution is 0.252. The molecule has 4 aromatic rings. The number of rotatable bonds is 6. The van der Waals surface area contributed by atoms with Crippen LogP contribution in [0.5, 0.6) is 0 Å². The maximum atomic E-state index is 12.3. The van der Waals surface area contributed by atoms with E-state index in [2.05, 4.69) is 25.8 Å². The Hall–Kier alpha value is -3.31. The molecule has 2 aromatic carbocycles. The Morgan fingerprint density at radius 2 is 1.85 bits per heavy atom. The zero-order valence-electron chi connectivity index (χ0n) is 19.2. The van der Waals surface area contributed by atoms with Crippen LogP contribution >= 0.6 is 11.3 Å². The standard InChI is InChI=1S/C23H25N5O4S2/c1-23(2,3)20-26-19(28-32-20)10-11-24-21(29)27-22-25-17-9-8-15(13-18(17)33-22)14-6-5-7-16(12-14)34(4,30)31/h5-9,12-13H,10-11H2,1-4H3,(H2,24,25,27,29). The van der Waals surface area contributed by atoms with Gasteiger partial charge >= 0.3 is 6.03 Å². The maximum absolute atomic E-state index is 12.3. The number of sulfone groups is 1. The minimum Gasteiger partial charge on any atom is -0.339 e. The number of thiazole rings is 1. The summed E-state index contributed by atoms with van der Waals surface area (Å²) in [4.78, 5) is 21.4. The summed E-state index contributed by atoms with van der Waals surface area (Å²) < 4.78 is 29.9. The summed E-state index contributed by atoms with van der Waals surface area (Å²) in [6.07, 6.45) is 1.63. The third-order valence-electron chi connectivity index (χ3n) is 4.95. The molecule has 0 radical (unpaired) electrons. The van der Waals surface area contributed by atoms with Crippen LogP contribution in [0.4, 0.5) is 9.93 Å². The van der Waals surface area contributed by atoms with Gasteiger partial charge in [-0.05, 0) is 35.4 Å². The second-order valence-corrected chi connectivity index (χ2v) is 11.9. The molecule has 2 heterocycles. The van der Waals surface area contributed by atoms with Gasteiger partial charge in [-0.25, -0.2) is 18.2 Å². The quantitative estimate of drug-likeness (QED) is 0.402. The molecule has 0 aliphatic heterocycles. The maximum Gasteiger partial charge on any atom is 0.321 e. The van der Waals surface area contributed by atoms with Gasteiger partial charge in [0.25, 0.3) is 0 Å². The number of amides is 2. The third-order valence-corrected chi connectivity index (χ3v) is 6.99. The van der Waals surface area contributed by atoms with E-state index in [0.29, 0.717) is 29.8 Å². The van der Waals surface area contributed by atoms with E-state index in [0.717, 1.165) is 21.3 Å². The van der Waals surface area contributed by atoms with E-state index in [9.17, 15) is 13.2 Å². The van der Waals surface area contributed by atoms with Gasteiger partial charge in [-0.3, -0.25) is 5.32 Å². The zero-order valence-corrected chi connectivity index (χ0v) is 20.9. The molecule has 9 nitrogen and oxygen atoms in total. The average molecular weight is 500 g/mol. The molecule has 0 aliphatic carbocycles. The second-order valence-electron chi connectivity index (χ2n) is 8.90. The van der Waals surface area contributed by atoms with Gasteiger partial charge in [0.1, 0.15) is 0 Å². The molecule has 0 spiro atoms.